The Balaban J connectivity index is 0.00000208. The van der Waals surface area contributed by atoms with Crippen molar-refractivity contribution in [2.45, 2.75) is 12.6 Å². The lowest BCUT2D eigenvalue weighted by Crippen LogP contribution is -2.45. The summed E-state index contributed by atoms with van der Waals surface area (Å²) in [6.07, 6.45) is 1.05. The average molecular weight is 354 g/mol. The molecular weight excluding hydrogens is 337 g/mol. The van der Waals surface area contributed by atoms with Crippen molar-refractivity contribution in [1.29, 1.82) is 0 Å². The van der Waals surface area contributed by atoms with Gasteiger partial charge in [0.05, 0.1) is 19.9 Å². The molecule has 1 atom stereocenters. The molecule has 0 saturated carbocycles. The van der Waals surface area contributed by atoms with Gasteiger partial charge in [0, 0.05) is 6.07 Å². The van der Waals surface area contributed by atoms with Crippen LogP contribution in [0.15, 0.2) is 36.5 Å². The number of hydrogen-bond acceptors (Lipinski definition) is 5. The Kier molecular flexibility index (Phi) is 5.58. The number of aromatic nitrogens is 1. The molecule has 0 unspecified atom stereocenters. The summed E-state index contributed by atoms with van der Waals surface area (Å²) in [6.45, 7) is 0.238. The molecule has 1 aromatic carbocycles. The molecule has 1 aromatic heterocycles. The van der Waals surface area contributed by atoms with E-state index in [1.165, 1.54) is 11.0 Å². The number of ether oxygens (including phenoxy) is 2. The van der Waals surface area contributed by atoms with E-state index < -0.39 is 11.9 Å². The van der Waals surface area contributed by atoms with Crippen LogP contribution in [0.3, 0.4) is 0 Å². The van der Waals surface area contributed by atoms with E-state index in [1.54, 1.807) is 19.2 Å². The molecule has 2 N–H and O–H groups in total. The van der Waals surface area contributed by atoms with Gasteiger partial charge in [-0.1, -0.05) is 12.1 Å². The van der Waals surface area contributed by atoms with Gasteiger partial charge < -0.3 is 15.2 Å². The molecule has 0 bridgehead atoms. The zero-order valence-electron chi connectivity index (χ0n) is 12.9. The van der Waals surface area contributed by atoms with Crippen LogP contribution in [0, 0.1) is 5.82 Å². The highest BCUT2D eigenvalue weighted by Gasteiger charge is 2.30. The molecule has 0 saturated heterocycles. The molecule has 2 aromatic rings. The zero-order valence-corrected chi connectivity index (χ0v) is 13.8. The Hall–Kier alpha value is -2.38. The molecule has 1 amide bonds. The third kappa shape index (κ3) is 3.58. The van der Waals surface area contributed by atoms with Gasteiger partial charge in [-0.05, 0) is 17.7 Å². The van der Waals surface area contributed by atoms with Crippen LogP contribution in [0.2, 0.25) is 0 Å². The molecule has 2 heterocycles. The summed E-state index contributed by atoms with van der Waals surface area (Å²) in [5, 5.41) is 0. The van der Waals surface area contributed by atoms with Crippen molar-refractivity contribution >= 4 is 24.1 Å². The molecule has 128 valence electrons. The number of halogens is 2. The minimum atomic E-state index is -0.828. The first-order valence-corrected chi connectivity index (χ1v) is 7.06. The minimum absolute atomic E-state index is 0. The third-order valence-electron chi connectivity index (χ3n) is 3.56. The first kappa shape index (κ1) is 18.0. The number of pyridine rings is 1. The van der Waals surface area contributed by atoms with Gasteiger partial charge in [-0.3, -0.25) is 9.69 Å². The van der Waals surface area contributed by atoms with Gasteiger partial charge in [-0.15, -0.1) is 12.4 Å². The fourth-order valence-electron chi connectivity index (χ4n) is 2.34. The van der Waals surface area contributed by atoms with Crippen LogP contribution >= 0.6 is 12.4 Å². The predicted octanol–water partition coefficient (Wildman–Crippen LogP) is 1.90. The molecule has 0 radical (unpaired) electrons. The molecule has 24 heavy (non-hydrogen) atoms. The van der Waals surface area contributed by atoms with Crippen LogP contribution in [-0.4, -0.2) is 30.6 Å². The summed E-state index contributed by atoms with van der Waals surface area (Å²) >= 11 is 0. The van der Waals surface area contributed by atoms with E-state index >= 15 is 0 Å². The van der Waals surface area contributed by atoms with Crippen molar-refractivity contribution in [2.75, 3.05) is 18.6 Å². The highest BCUT2D eigenvalue weighted by atomic mass is 35.5. The van der Waals surface area contributed by atoms with E-state index in [0.717, 1.165) is 17.5 Å². The second kappa shape index (κ2) is 7.46. The Morgan fingerprint density at radius 1 is 1.42 bits per heavy atom. The lowest BCUT2D eigenvalue weighted by molar-refractivity contribution is -0.120. The highest BCUT2D eigenvalue weighted by molar-refractivity contribution is 5.98. The number of rotatable bonds is 3. The maximum absolute atomic E-state index is 13.4. The van der Waals surface area contributed by atoms with Gasteiger partial charge in [0.25, 0.3) is 0 Å². The first-order chi connectivity index (χ1) is 11.1. The minimum Gasteiger partial charge on any atom is -0.497 e. The number of hydrogen-bond donors (Lipinski definition) is 1. The fourth-order valence-corrected chi connectivity index (χ4v) is 2.34. The number of carbonyl (C=O) groups is 1. The summed E-state index contributed by atoms with van der Waals surface area (Å²) in [4.78, 5) is 17.9. The van der Waals surface area contributed by atoms with E-state index in [9.17, 15) is 9.18 Å². The third-order valence-corrected chi connectivity index (χ3v) is 3.56. The number of anilines is 1. The van der Waals surface area contributed by atoms with Gasteiger partial charge in [-0.25, -0.2) is 9.37 Å². The van der Waals surface area contributed by atoms with Crippen molar-refractivity contribution in [3.8, 4) is 11.5 Å². The molecule has 0 spiro atoms. The van der Waals surface area contributed by atoms with Gasteiger partial charge in [0.1, 0.15) is 24.2 Å². The number of fused-ring (bicyclic) bond motifs is 1. The summed E-state index contributed by atoms with van der Waals surface area (Å²) in [5.41, 5.74) is 6.69. The molecule has 6 nitrogen and oxygen atoms in total. The van der Waals surface area contributed by atoms with Crippen molar-refractivity contribution in [3.63, 3.8) is 0 Å². The maximum Gasteiger partial charge on any atom is 0.249 e. The lowest BCUT2D eigenvalue weighted by Gasteiger charge is -2.22. The summed E-state index contributed by atoms with van der Waals surface area (Å²) in [7, 11) is 1.58. The van der Waals surface area contributed by atoms with Crippen LogP contribution in [0.25, 0.3) is 0 Å². The second-order valence-electron chi connectivity index (χ2n) is 5.17. The lowest BCUT2D eigenvalue weighted by atomic mass is 10.2. The number of nitrogens with zero attached hydrogens (tertiary/aromatic N) is 2. The standard InChI is InChI=1S/C16H16FN3O3.ClH/c1-22-12-4-2-10(3-5-12)8-20-15-14(6-11(17)7-19-15)23-9-13(18)16(20)21;/h2-7,13H,8-9,18H2,1H3;1H/t13-;/m0./s1. The SMILES string of the molecule is COc1ccc(CN2C(=O)[C@@H](N)COc3cc(F)cnc32)cc1.Cl. The Morgan fingerprint density at radius 3 is 2.79 bits per heavy atom. The zero-order chi connectivity index (χ0) is 16.4. The van der Waals surface area contributed by atoms with Gasteiger partial charge >= 0.3 is 0 Å². The second-order valence-corrected chi connectivity index (χ2v) is 5.17. The van der Waals surface area contributed by atoms with Crippen molar-refractivity contribution in [3.05, 3.63) is 47.9 Å². The molecule has 0 fully saturated rings. The van der Waals surface area contributed by atoms with E-state index in [-0.39, 0.29) is 43.0 Å². The number of methoxy groups -OCH3 is 1. The van der Waals surface area contributed by atoms with Crippen LogP contribution in [0.5, 0.6) is 11.5 Å². The van der Waals surface area contributed by atoms with Gasteiger partial charge in [0.2, 0.25) is 5.91 Å². The average Bonchev–Trinajstić information content (AvgIpc) is 2.68. The highest BCUT2D eigenvalue weighted by Crippen LogP contribution is 2.30. The Labute approximate surface area is 144 Å². The van der Waals surface area contributed by atoms with Crippen molar-refractivity contribution in [1.82, 2.24) is 4.98 Å². The normalized spacial score (nSPS) is 16.5. The molecule has 3 rings (SSSR count). The Bertz CT molecular complexity index is 727. The molecule has 0 aliphatic carbocycles. The van der Waals surface area contributed by atoms with E-state index in [2.05, 4.69) is 4.98 Å². The molecule has 1 aliphatic heterocycles. The van der Waals surface area contributed by atoms with Gasteiger partial charge in [-0.2, -0.15) is 0 Å². The van der Waals surface area contributed by atoms with Crippen LogP contribution in [0.4, 0.5) is 10.2 Å². The van der Waals surface area contributed by atoms with E-state index in [4.69, 9.17) is 15.2 Å². The summed E-state index contributed by atoms with van der Waals surface area (Å²) in [6, 6.07) is 7.65. The Morgan fingerprint density at radius 2 is 2.12 bits per heavy atom. The number of amides is 1. The molecule has 8 heteroatoms. The van der Waals surface area contributed by atoms with E-state index in [0.29, 0.717) is 0 Å². The maximum atomic E-state index is 13.4. The number of nitrogens with two attached hydrogens (primary N) is 1. The first-order valence-electron chi connectivity index (χ1n) is 7.06. The van der Waals surface area contributed by atoms with Crippen molar-refractivity contribution in [2.24, 2.45) is 5.73 Å². The monoisotopic (exact) mass is 353 g/mol. The largest absolute Gasteiger partial charge is 0.497 e. The van der Waals surface area contributed by atoms with Gasteiger partial charge in [0.15, 0.2) is 11.6 Å². The number of benzene rings is 1. The van der Waals surface area contributed by atoms with Crippen LogP contribution in [0.1, 0.15) is 5.56 Å². The van der Waals surface area contributed by atoms with E-state index in [1.807, 2.05) is 12.1 Å². The topological polar surface area (TPSA) is 77.7 Å². The predicted molar refractivity (Wildman–Crippen MR) is 89.1 cm³/mol. The fraction of sp³-hybridized carbons (Fsp3) is 0.250. The van der Waals surface area contributed by atoms with Crippen LogP contribution < -0.4 is 20.1 Å². The van der Waals surface area contributed by atoms with Crippen LogP contribution in [-0.2, 0) is 11.3 Å². The summed E-state index contributed by atoms with van der Waals surface area (Å²) < 4.78 is 23.9. The quantitative estimate of drug-likeness (QED) is 0.912. The van der Waals surface area contributed by atoms with Crippen molar-refractivity contribution < 1.29 is 18.7 Å². The molecule has 1 aliphatic rings. The smallest absolute Gasteiger partial charge is 0.249 e. The number of carbonyl (C=O) groups excluding carboxylic acids is 1. The molecular formula is C16H17ClFN3O3. The summed E-state index contributed by atoms with van der Waals surface area (Å²) in [5.74, 6) is 0.339.